The van der Waals surface area contributed by atoms with Crippen molar-refractivity contribution in [2.75, 3.05) is 5.32 Å². The van der Waals surface area contributed by atoms with Crippen molar-refractivity contribution in [3.8, 4) is 0 Å². The summed E-state index contributed by atoms with van der Waals surface area (Å²) < 4.78 is 0. The molecule has 1 aromatic heterocycles. The number of anilines is 1. The Labute approximate surface area is 119 Å². The van der Waals surface area contributed by atoms with Crippen LogP contribution in [0.1, 0.15) is 31.4 Å². The molecule has 0 saturated heterocycles. The van der Waals surface area contributed by atoms with Crippen LogP contribution in [0.4, 0.5) is 5.69 Å². The quantitative estimate of drug-likeness (QED) is 0.828. The SMILES string of the molecule is c1c[nH]c(CNc2ccc(SC3CCCC3)cc2)c1. The van der Waals surface area contributed by atoms with Crippen molar-refractivity contribution in [3.63, 3.8) is 0 Å². The zero-order valence-corrected chi connectivity index (χ0v) is 11.9. The first-order chi connectivity index (χ1) is 9.40. The van der Waals surface area contributed by atoms with Gasteiger partial charge in [-0.3, -0.25) is 0 Å². The second-order valence-electron chi connectivity index (χ2n) is 5.10. The number of rotatable bonds is 5. The summed E-state index contributed by atoms with van der Waals surface area (Å²) in [7, 11) is 0. The molecule has 1 aromatic carbocycles. The molecule has 2 aromatic rings. The van der Waals surface area contributed by atoms with Crippen molar-refractivity contribution in [2.24, 2.45) is 0 Å². The number of nitrogens with one attached hydrogen (secondary N) is 2. The summed E-state index contributed by atoms with van der Waals surface area (Å²) in [5.41, 5.74) is 2.40. The van der Waals surface area contributed by atoms with Crippen molar-refractivity contribution in [3.05, 3.63) is 48.3 Å². The van der Waals surface area contributed by atoms with Crippen LogP contribution in [-0.4, -0.2) is 10.2 Å². The average molecular weight is 272 g/mol. The fraction of sp³-hybridized carbons (Fsp3) is 0.375. The van der Waals surface area contributed by atoms with Crippen LogP contribution in [0, 0.1) is 0 Å². The summed E-state index contributed by atoms with van der Waals surface area (Å²) >= 11 is 2.04. The number of hydrogen-bond donors (Lipinski definition) is 2. The van der Waals surface area contributed by atoms with Gasteiger partial charge in [0.25, 0.3) is 0 Å². The molecule has 1 fully saturated rings. The Kier molecular flexibility index (Phi) is 4.13. The molecule has 2 nitrogen and oxygen atoms in total. The summed E-state index contributed by atoms with van der Waals surface area (Å²) in [5.74, 6) is 0. The molecule has 0 spiro atoms. The van der Waals surface area contributed by atoms with Crippen LogP contribution in [0.3, 0.4) is 0 Å². The predicted molar refractivity (Wildman–Crippen MR) is 82.7 cm³/mol. The van der Waals surface area contributed by atoms with E-state index in [1.165, 1.54) is 42.0 Å². The Bertz CT molecular complexity index is 484. The topological polar surface area (TPSA) is 27.8 Å². The second kappa shape index (κ2) is 6.20. The average Bonchev–Trinajstić information content (AvgIpc) is 3.11. The molecule has 0 atom stereocenters. The van der Waals surface area contributed by atoms with Gasteiger partial charge < -0.3 is 10.3 Å². The van der Waals surface area contributed by atoms with Crippen LogP contribution >= 0.6 is 11.8 Å². The highest BCUT2D eigenvalue weighted by Gasteiger charge is 2.15. The lowest BCUT2D eigenvalue weighted by molar-refractivity contribution is 0.886. The van der Waals surface area contributed by atoms with Crippen LogP contribution in [0.25, 0.3) is 0 Å². The highest BCUT2D eigenvalue weighted by atomic mass is 32.2. The zero-order chi connectivity index (χ0) is 12.9. The Morgan fingerprint density at radius 2 is 1.89 bits per heavy atom. The third-order valence-corrected chi connectivity index (χ3v) is 4.95. The highest BCUT2D eigenvalue weighted by molar-refractivity contribution is 8.00. The van der Waals surface area contributed by atoms with Crippen LogP contribution < -0.4 is 5.32 Å². The molecular formula is C16H20N2S. The summed E-state index contributed by atoms with van der Waals surface area (Å²) in [6, 6.07) is 13.0. The molecule has 3 heteroatoms. The molecular weight excluding hydrogens is 252 g/mol. The van der Waals surface area contributed by atoms with Crippen LogP contribution in [0.5, 0.6) is 0 Å². The van der Waals surface area contributed by atoms with Crippen LogP contribution in [0.2, 0.25) is 0 Å². The van der Waals surface area contributed by atoms with Gasteiger partial charge in [0.1, 0.15) is 0 Å². The Morgan fingerprint density at radius 3 is 2.58 bits per heavy atom. The first kappa shape index (κ1) is 12.7. The van der Waals surface area contributed by atoms with Crippen molar-refractivity contribution in [2.45, 2.75) is 42.4 Å². The summed E-state index contributed by atoms with van der Waals surface area (Å²) in [6.07, 6.45) is 7.55. The van der Waals surface area contributed by atoms with Crippen LogP contribution in [0.15, 0.2) is 47.5 Å². The lowest BCUT2D eigenvalue weighted by Crippen LogP contribution is -1.99. The van der Waals surface area contributed by atoms with Crippen molar-refractivity contribution in [1.82, 2.24) is 4.98 Å². The fourth-order valence-electron chi connectivity index (χ4n) is 2.52. The molecule has 1 heterocycles. The fourth-order valence-corrected chi connectivity index (χ4v) is 3.77. The third kappa shape index (κ3) is 3.57. The van der Waals surface area contributed by atoms with E-state index in [1.54, 1.807) is 0 Å². The molecule has 3 rings (SSSR count). The molecule has 0 aliphatic heterocycles. The van der Waals surface area contributed by atoms with Gasteiger partial charge >= 0.3 is 0 Å². The lowest BCUT2D eigenvalue weighted by atomic mass is 10.3. The first-order valence-electron chi connectivity index (χ1n) is 7.03. The maximum atomic E-state index is 3.43. The number of thioether (sulfide) groups is 1. The predicted octanol–water partition coefficient (Wildman–Crippen LogP) is 4.66. The zero-order valence-electron chi connectivity index (χ0n) is 11.1. The number of benzene rings is 1. The van der Waals surface area contributed by atoms with Crippen molar-refractivity contribution >= 4 is 17.4 Å². The van der Waals surface area contributed by atoms with E-state index >= 15 is 0 Å². The van der Waals surface area contributed by atoms with E-state index in [9.17, 15) is 0 Å². The molecule has 1 aliphatic carbocycles. The Morgan fingerprint density at radius 1 is 1.11 bits per heavy atom. The molecule has 1 aliphatic rings. The van der Waals surface area contributed by atoms with Crippen molar-refractivity contribution < 1.29 is 0 Å². The van der Waals surface area contributed by atoms with Gasteiger partial charge in [-0.1, -0.05) is 12.8 Å². The molecule has 0 bridgehead atoms. The smallest absolute Gasteiger partial charge is 0.0551 e. The third-order valence-electron chi connectivity index (χ3n) is 3.60. The number of H-pyrrole nitrogens is 1. The minimum Gasteiger partial charge on any atom is -0.379 e. The summed E-state index contributed by atoms with van der Waals surface area (Å²) in [6.45, 7) is 0.849. The standard InChI is InChI=1S/C16H20N2S/c1-2-6-15(5-1)19-16-9-7-13(8-10-16)18-12-14-4-3-11-17-14/h3-4,7-11,15,17-18H,1-2,5-6,12H2. The monoisotopic (exact) mass is 272 g/mol. The van der Waals surface area contributed by atoms with Crippen LogP contribution in [-0.2, 0) is 6.54 Å². The number of hydrogen-bond acceptors (Lipinski definition) is 2. The minimum atomic E-state index is 0.845. The highest BCUT2D eigenvalue weighted by Crippen LogP contribution is 2.34. The van der Waals surface area contributed by atoms with Gasteiger partial charge in [0.2, 0.25) is 0 Å². The number of aromatic amines is 1. The number of aromatic nitrogens is 1. The molecule has 0 unspecified atom stereocenters. The van der Waals surface area contributed by atoms with E-state index < -0.39 is 0 Å². The van der Waals surface area contributed by atoms with Crippen molar-refractivity contribution in [1.29, 1.82) is 0 Å². The van der Waals surface area contributed by atoms with E-state index in [2.05, 4.69) is 40.6 Å². The molecule has 1 saturated carbocycles. The molecule has 0 amide bonds. The van der Waals surface area contributed by atoms with Gasteiger partial charge in [-0.2, -0.15) is 0 Å². The lowest BCUT2D eigenvalue weighted by Gasteiger charge is -2.10. The minimum absolute atomic E-state index is 0.845. The second-order valence-corrected chi connectivity index (χ2v) is 6.47. The normalized spacial score (nSPS) is 15.8. The van der Waals surface area contributed by atoms with Gasteiger partial charge in [-0.05, 0) is 49.2 Å². The van der Waals surface area contributed by atoms with Gasteiger partial charge in [0.15, 0.2) is 0 Å². The Hall–Kier alpha value is -1.35. The van der Waals surface area contributed by atoms with E-state index in [0.29, 0.717) is 0 Å². The van der Waals surface area contributed by atoms with E-state index in [-0.39, 0.29) is 0 Å². The van der Waals surface area contributed by atoms with E-state index in [4.69, 9.17) is 0 Å². The first-order valence-corrected chi connectivity index (χ1v) is 7.91. The van der Waals surface area contributed by atoms with Gasteiger partial charge in [0, 0.05) is 27.7 Å². The maximum Gasteiger partial charge on any atom is 0.0551 e. The van der Waals surface area contributed by atoms with Gasteiger partial charge in [-0.25, -0.2) is 0 Å². The largest absolute Gasteiger partial charge is 0.379 e. The molecule has 2 N–H and O–H groups in total. The van der Waals surface area contributed by atoms with E-state index in [1.807, 2.05) is 24.0 Å². The maximum absolute atomic E-state index is 3.43. The molecule has 0 radical (unpaired) electrons. The van der Waals surface area contributed by atoms with Gasteiger partial charge in [-0.15, -0.1) is 11.8 Å². The van der Waals surface area contributed by atoms with Gasteiger partial charge in [0.05, 0.1) is 6.54 Å². The Balaban J connectivity index is 1.53. The molecule has 19 heavy (non-hydrogen) atoms. The molecule has 100 valence electrons. The summed E-state index contributed by atoms with van der Waals surface area (Å²) in [4.78, 5) is 4.60. The summed E-state index contributed by atoms with van der Waals surface area (Å²) in [5, 5.41) is 4.27. The van der Waals surface area contributed by atoms with E-state index in [0.717, 1.165) is 11.8 Å².